The standard InChI is InChI=1S/C23H31N3O5S2/c1-18-8-10-22(20-6-4-3-5-7-20)33(29,30)26(18)17-19-9-11-23(24-16-19)31-21-12-14-25(15-13-21)32(2,27)28/h3-7,9,11,16,18,21-22H,8,10,12-15,17H2,1-2H3/t18-,22?/m0/s1. The maximum absolute atomic E-state index is 13.4. The van der Waals surface area contributed by atoms with Gasteiger partial charge in [0.15, 0.2) is 0 Å². The van der Waals surface area contributed by atoms with E-state index in [1.54, 1.807) is 16.6 Å². The molecule has 2 aromatic rings. The van der Waals surface area contributed by atoms with Crippen LogP contribution in [0.1, 0.15) is 49.0 Å². The van der Waals surface area contributed by atoms with Crippen LogP contribution in [0, 0.1) is 0 Å². The number of pyridine rings is 1. The van der Waals surface area contributed by atoms with Crippen molar-refractivity contribution in [3.05, 3.63) is 59.8 Å². The van der Waals surface area contributed by atoms with E-state index in [0.29, 0.717) is 38.2 Å². The Morgan fingerprint density at radius 3 is 2.33 bits per heavy atom. The van der Waals surface area contributed by atoms with E-state index >= 15 is 0 Å². The first-order valence-electron chi connectivity index (χ1n) is 11.3. The van der Waals surface area contributed by atoms with Crippen LogP contribution in [-0.2, 0) is 26.6 Å². The molecule has 180 valence electrons. The van der Waals surface area contributed by atoms with E-state index in [-0.39, 0.29) is 18.7 Å². The van der Waals surface area contributed by atoms with Crippen molar-refractivity contribution in [2.45, 2.75) is 56.5 Å². The first-order valence-corrected chi connectivity index (χ1v) is 14.6. The molecule has 0 radical (unpaired) electrons. The molecule has 2 fully saturated rings. The average Bonchev–Trinajstić information content (AvgIpc) is 2.78. The molecular formula is C23H31N3O5S2. The van der Waals surface area contributed by atoms with Crippen molar-refractivity contribution < 1.29 is 21.6 Å². The van der Waals surface area contributed by atoms with Gasteiger partial charge in [0.05, 0.1) is 6.26 Å². The van der Waals surface area contributed by atoms with Crippen molar-refractivity contribution in [3.8, 4) is 5.88 Å². The third kappa shape index (κ3) is 5.56. The summed E-state index contributed by atoms with van der Waals surface area (Å²) in [7, 11) is -6.66. The zero-order valence-electron chi connectivity index (χ0n) is 19.0. The molecule has 8 nitrogen and oxygen atoms in total. The lowest BCUT2D eigenvalue weighted by Gasteiger charge is -2.37. The van der Waals surface area contributed by atoms with Crippen LogP contribution in [-0.4, -0.2) is 61.9 Å². The van der Waals surface area contributed by atoms with Crippen molar-refractivity contribution >= 4 is 20.0 Å². The molecule has 0 amide bonds. The van der Waals surface area contributed by atoms with E-state index in [0.717, 1.165) is 17.5 Å². The van der Waals surface area contributed by atoms with Crippen LogP contribution in [0.25, 0.3) is 0 Å². The van der Waals surface area contributed by atoms with E-state index < -0.39 is 25.3 Å². The SMILES string of the molecule is C[C@H]1CCC(c2ccccc2)S(=O)(=O)N1Cc1ccc(OC2CCN(S(C)(=O)=O)CC2)nc1. The molecule has 0 N–H and O–H groups in total. The molecule has 2 aliphatic rings. The highest BCUT2D eigenvalue weighted by Gasteiger charge is 2.40. The molecule has 0 bridgehead atoms. The number of ether oxygens (including phenoxy) is 1. The number of benzene rings is 1. The molecule has 4 rings (SSSR count). The maximum Gasteiger partial charge on any atom is 0.221 e. The molecule has 2 atom stereocenters. The van der Waals surface area contributed by atoms with Crippen LogP contribution in [0.4, 0.5) is 0 Å². The fraction of sp³-hybridized carbons (Fsp3) is 0.522. The Labute approximate surface area is 196 Å². The number of sulfonamides is 2. The summed E-state index contributed by atoms with van der Waals surface area (Å²) in [6.07, 6.45) is 5.44. The molecule has 1 aromatic carbocycles. The normalized spacial score (nSPS) is 25.0. The third-order valence-electron chi connectivity index (χ3n) is 6.49. The van der Waals surface area contributed by atoms with Gasteiger partial charge in [0, 0.05) is 37.9 Å². The molecule has 3 heterocycles. The highest BCUT2D eigenvalue weighted by atomic mass is 32.2. The number of aromatic nitrogens is 1. The minimum atomic E-state index is -3.49. The molecule has 1 aromatic heterocycles. The van der Waals surface area contributed by atoms with E-state index in [4.69, 9.17) is 4.74 Å². The summed E-state index contributed by atoms with van der Waals surface area (Å²) in [5.41, 5.74) is 1.64. The molecule has 0 aliphatic carbocycles. The average molecular weight is 494 g/mol. The monoisotopic (exact) mass is 493 g/mol. The van der Waals surface area contributed by atoms with Crippen LogP contribution in [0.5, 0.6) is 5.88 Å². The summed E-state index contributed by atoms with van der Waals surface area (Å²) in [5.74, 6) is 0.466. The molecule has 2 aliphatic heterocycles. The topological polar surface area (TPSA) is 96.9 Å². The smallest absolute Gasteiger partial charge is 0.221 e. The summed E-state index contributed by atoms with van der Waals surface area (Å²) in [5, 5.41) is -0.525. The Morgan fingerprint density at radius 1 is 1.03 bits per heavy atom. The Bertz CT molecular complexity index is 1150. The summed E-state index contributed by atoms with van der Waals surface area (Å²) in [6.45, 7) is 3.10. The predicted molar refractivity (Wildman–Crippen MR) is 127 cm³/mol. The fourth-order valence-electron chi connectivity index (χ4n) is 4.56. The van der Waals surface area contributed by atoms with Gasteiger partial charge in [0.2, 0.25) is 25.9 Å². The van der Waals surface area contributed by atoms with E-state index in [9.17, 15) is 16.8 Å². The summed E-state index contributed by atoms with van der Waals surface area (Å²) >= 11 is 0. The first kappa shape index (κ1) is 24.1. The fourth-order valence-corrected chi connectivity index (χ4v) is 7.63. The van der Waals surface area contributed by atoms with Crippen molar-refractivity contribution in [1.29, 1.82) is 0 Å². The highest BCUT2D eigenvalue weighted by molar-refractivity contribution is 7.89. The van der Waals surface area contributed by atoms with Crippen molar-refractivity contribution in [2.75, 3.05) is 19.3 Å². The number of hydrogen-bond donors (Lipinski definition) is 0. The van der Waals surface area contributed by atoms with Crippen molar-refractivity contribution in [2.24, 2.45) is 0 Å². The van der Waals surface area contributed by atoms with Gasteiger partial charge in [-0.2, -0.15) is 4.31 Å². The second-order valence-corrected chi connectivity index (χ2v) is 13.0. The van der Waals surface area contributed by atoms with Crippen LogP contribution >= 0.6 is 0 Å². The van der Waals surface area contributed by atoms with Crippen molar-refractivity contribution in [3.63, 3.8) is 0 Å². The van der Waals surface area contributed by atoms with Gasteiger partial charge in [0.25, 0.3) is 0 Å². The Hall–Kier alpha value is -2.01. The summed E-state index contributed by atoms with van der Waals surface area (Å²) in [6, 6.07) is 12.9. The molecule has 10 heteroatoms. The van der Waals surface area contributed by atoms with Gasteiger partial charge in [-0.25, -0.2) is 26.1 Å². The molecule has 0 spiro atoms. The number of hydrogen-bond acceptors (Lipinski definition) is 6. The Kier molecular flexibility index (Phi) is 7.09. The summed E-state index contributed by atoms with van der Waals surface area (Å²) < 4.78 is 59.1. The lowest BCUT2D eigenvalue weighted by molar-refractivity contribution is 0.130. The first-order chi connectivity index (χ1) is 15.6. The minimum absolute atomic E-state index is 0.0779. The van der Waals surface area contributed by atoms with Crippen molar-refractivity contribution in [1.82, 2.24) is 13.6 Å². The van der Waals surface area contributed by atoms with Gasteiger partial charge in [0.1, 0.15) is 11.4 Å². The Morgan fingerprint density at radius 2 is 1.73 bits per heavy atom. The van der Waals surface area contributed by atoms with Crippen LogP contribution in [0.15, 0.2) is 48.7 Å². The Balaban J connectivity index is 1.40. The van der Waals surface area contributed by atoms with Crippen LogP contribution in [0.3, 0.4) is 0 Å². The maximum atomic E-state index is 13.4. The number of rotatable bonds is 6. The van der Waals surface area contributed by atoms with Gasteiger partial charge in [-0.15, -0.1) is 0 Å². The van der Waals surface area contributed by atoms with E-state index in [1.807, 2.05) is 43.3 Å². The zero-order valence-corrected chi connectivity index (χ0v) is 20.6. The third-order valence-corrected chi connectivity index (χ3v) is 10.2. The molecule has 0 saturated carbocycles. The predicted octanol–water partition coefficient (Wildman–Crippen LogP) is 2.94. The quantitative estimate of drug-likeness (QED) is 0.614. The van der Waals surface area contributed by atoms with Gasteiger partial charge < -0.3 is 4.74 Å². The van der Waals surface area contributed by atoms with E-state index in [1.165, 1.54) is 10.6 Å². The van der Waals surface area contributed by atoms with Gasteiger partial charge in [-0.3, -0.25) is 0 Å². The number of nitrogens with zero attached hydrogens (tertiary/aromatic N) is 3. The van der Waals surface area contributed by atoms with E-state index in [2.05, 4.69) is 4.98 Å². The molecule has 33 heavy (non-hydrogen) atoms. The lowest BCUT2D eigenvalue weighted by atomic mass is 10.0. The molecular weight excluding hydrogens is 462 g/mol. The lowest BCUT2D eigenvalue weighted by Crippen LogP contribution is -2.44. The number of piperidine rings is 1. The largest absolute Gasteiger partial charge is 0.474 e. The summed E-state index contributed by atoms with van der Waals surface area (Å²) in [4.78, 5) is 4.38. The van der Waals surface area contributed by atoms with Gasteiger partial charge in [-0.05, 0) is 43.7 Å². The molecule has 1 unspecified atom stereocenters. The second kappa shape index (κ2) is 9.69. The minimum Gasteiger partial charge on any atom is -0.474 e. The van der Waals surface area contributed by atoms with Gasteiger partial charge in [-0.1, -0.05) is 36.4 Å². The van der Waals surface area contributed by atoms with Crippen LogP contribution in [0.2, 0.25) is 0 Å². The van der Waals surface area contributed by atoms with Crippen LogP contribution < -0.4 is 4.74 Å². The highest BCUT2D eigenvalue weighted by Crippen LogP contribution is 2.38. The van der Waals surface area contributed by atoms with Gasteiger partial charge >= 0.3 is 0 Å². The second-order valence-electron chi connectivity index (χ2n) is 8.90. The zero-order chi connectivity index (χ0) is 23.6. The molecule has 2 saturated heterocycles.